The summed E-state index contributed by atoms with van der Waals surface area (Å²) in [7, 11) is 1.40. The van der Waals surface area contributed by atoms with Crippen LogP contribution in [-0.2, 0) is 11.3 Å². The summed E-state index contributed by atoms with van der Waals surface area (Å²) in [6.07, 6.45) is 0. The van der Waals surface area contributed by atoms with Crippen molar-refractivity contribution in [3.8, 4) is 5.75 Å². The Morgan fingerprint density at radius 2 is 1.96 bits per heavy atom. The van der Waals surface area contributed by atoms with Crippen molar-refractivity contribution in [2.75, 3.05) is 7.11 Å². The number of ether oxygens (including phenoxy) is 1. The van der Waals surface area contributed by atoms with E-state index in [0.717, 1.165) is 10.9 Å². The third kappa shape index (κ3) is 3.84. The number of amides is 1. The number of fused-ring (bicyclic) bond motifs is 1. The van der Waals surface area contributed by atoms with Crippen molar-refractivity contribution in [2.24, 2.45) is 0 Å². The molecule has 0 radical (unpaired) electrons. The number of rotatable bonds is 5. The van der Waals surface area contributed by atoms with Gasteiger partial charge in [-0.2, -0.15) is 0 Å². The lowest BCUT2D eigenvalue weighted by atomic mass is 10.1. The molecule has 0 aliphatic carbocycles. The molecule has 140 valence electrons. The molecule has 5 nitrogen and oxygen atoms in total. The molecule has 2 aromatic carbocycles. The van der Waals surface area contributed by atoms with E-state index >= 15 is 0 Å². The quantitative estimate of drug-likeness (QED) is 0.751. The third-order valence-corrected chi connectivity index (χ3v) is 4.58. The second kappa shape index (κ2) is 7.61. The average Bonchev–Trinajstić information content (AvgIpc) is 2.65. The number of para-hydroxylation sites is 1. The summed E-state index contributed by atoms with van der Waals surface area (Å²) in [6, 6.07) is 13.1. The van der Waals surface area contributed by atoms with Crippen molar-refractivity contribution in [3.05, 3.63) is 75.8 Å². The maximum absolute atomic E-state index is 13.9. The number of aryl methyl sites for hydroxylation is 1. The molecule has 3 aromatic rings. The summed E-state index contributed by atoms with van der Waals surface area (Å²) in [4.78, 5) is 24.9. The number of carbonyl (C=O) groups is 1. The van der Waals surface area contributed by atoms with Gasteiger partial charge in [-0.25, -0.2) is 4.39 Å². The predicted molar refractivity (Wildman–Crippen MR) is 102 cm³/mol. The molecule has 1 heterocycles. The van der Waals surface area contributed by atoms with Crippen LogP contribution in [0.4, 0.5) is 4.39 Å². The van der Waals surface area contributed by atoms with E-state index in [1.54, 1.807) is 13.0 Å². The Labute approximate surface area is 156 Å². The highest BCUT2D eigenvalue weighted by Crippen LogP contribution is 2.22. The first-order chi connectivity index (χ1) is 12.9. The van der Waals surface area contributed by atoms with E-state index in [4.69, 9.17) is 4.74 Å². The van der Waals surface area contributed by atoms with Crippen LogP contribution >= 0.6 is 0 Å². The van der Waals surface area contributed by atoms with Crippen molar-refractivity contribution in [1.82, 2.24) is 9.88 Å². The molecule has 1 atom stereocenters. The van der Waals surface area contributed by atoms with E-state index in [9.17, 15) is 14.0 Å². The van der Waals surface area contributed by atoms with Gasteiger partial charge >= 0.3 is 0 Å². The third-order valence-electron chi connectivity index (χ3n) is 4.58. The fourth-order valence-corrected chi connectivity index (χ4v) is 3.13. The van der Waals surface area contributed by atoms with Gasteiger partial charge in [0.15, 0.2) is 11.6 Å². The monoisotopic (exact) mass is 368 g/mol. The number of hydrogen-bond acceptors (Lipinski definition) is 3. The van der Waals surface area contributed by atoms with E-state index in [1.165, 1.54) is 29.9 Å². The second-order valence-corrected chi connectivity index (χ2v) is 6.45. The highest BCUT2D eigenvalue weighted by molar-refractivity contribution is 5.84. The summed E-state index contributed by atoms with van der Waals surface area (Å²) < 4.78 is 20.2. The lowest BCUT2D eigenvalue weighted by Crippen LogP contribution is -2.34. The van der Waals surface area contributed by atoms with Gasteiger partial charge in [0, 0.05) is 11.5 Å². The Kier molecular flexibility index (Phi) is 5.26. The van der Waals surface area contributed by atoms with Crippen LogP contribution in [0.25, 0.3) is 10.9 Å². The van der Waals surface area contributed by atoms with Crippen LogP contribution in [0.5, 0.6) is 5.75 Å². The highest BCUT2D eigenvalue weighted by Gasteiger charge is 2.14. The topological polar surface area (TPSA) is 60.3 Å². The van der Waals surface area contributed by atoms with Crippen molar-refractivity contribution in [1.29, 1.82) is 0 Å². The molecule has 0 aliphatic heterocycles. The first-order valence-electron chi connectivity index (χ1n) is 8.62. The van der Waals surface area contributed by atoms with E-state index < -0.39 is 11.9 Å². The molecule has 1 N–H and O–H groups in total. The van der Waals surface area contributed by atoms with Crippen LogP contribution in [0.1, 0.15) is 24.1 Å². The van der Waals surface area contributed by atoms with Crippen LogP contribution < -0.4 is 15.6 Å². The van der Waals surface area contributed by atoms with Crippen molar-refractivity contribution < 1.29 is 13.9 Å². The molecule has 0 saturated carbocycles. The maximum Gasteiger partial charge on any atom is 0.251 e. The van der Waals surface area contributed by atoms with Gasteiger partial charge < -0.3 is 10.1 Å². The summed E-state index contributed by atoms with van der Waals surface area (Å²) >= 11 is 0. The van der Waals surface area contributed by atoms with Gasteiger partial charge in [0.2, 0.25) is 5.91 Å². The van der Waals surface area contributed by atoms with Crippen LogP contribution in [-0.4, -0.2) is 17.6 Å². The minimum Gasteiger partial charge on any atom is -0.494 e. The smallest absolute Gasteiger partial charge is 0.251 e. The van der Waals surface area contributed by atoms with Crippen molar-refractivity contribution in [3.63, 3.8) is 0 Å². The maximum atomic E-state index is 13.9. The Morgan fingerprint density at radius 1 is 1.22 bits per heavy atom. The number of hydrogen-bond donors (Lipinski definition) is 1. The van der Waals surface area contributed by atoms with Gasteiger partial charge in [-0.05, 0) is 43.2 Å². The lowest BCUT2D eigenvalue weighted by Gasteiger charge is -2.17. The van der Waals surface area contributed by atoms with Crippen LogP contribution in [0.15, 0.2) is 53.3 Å². The van der Waals surface area contributed by atoms with E-state index in [0.29, 0.717) is 11.1 Å². The van der Waals surface area contributed by atoms with Gasteiger partial charge in [-0.1, -0.05) is 24.3 Å². The normalized spacial score (nSPS) is 12.0. The molecule has 0 saturated heterocycles. The van der Waals surface area contributed by atoms with Gasteiger partial charge in [0.1, 0.15) is 6.54 Å². The summed E-state index contributed by atoms with van der Waals surface area (Å²) in [6.45, 7) is 3.52. The Balaban J connectivity index is 1.81. The first-order valence-corrected chi connectivity index (χ1v) is 8.62. The van der Waals surface area contributed by atoms with Gasteiger partial charge in [-0.15, -0.1) is 0 Å². The minimum absolute atomic E-state index is 0.109. The number of halogens is 1. The standard InChI is InChI=1S/C21H21FN2O3/c1-13-10-21(26)24(18-7-5-4-6-16(13)18)12-20(25)23-14(2)15-8-9-19(27-3)17(22)11-15/h4-11,14H,12H2,1-3H3,(H,23,25)/t14-/m1/s1. The number of nitrogens with zero attached hydrogens (tertiary/aromatic N) is 1. The largest absolute Gasteiger partial charge is 0.494 e. The number of benzene rings is 2. The highest BCUT2D eigenvalue weighted by atomic mass is 19.1. The van der Waals surface area contributed by atoms with Gasteiger partial charge in [0.25, 0.3) is 5.56 Å². The molecule has 0 spiro atoms. The molecule has 27 heavy (non-hydrogen) atoms. The minimum atomic E-state index is -0.489. The molecular weight excluding hydrogens is 347 g/mol. The zero-order valence-electron chi connectivity index (χ0n) is 15.5. The molecule has 0 aliphatic rings. The lowest BCUT2D eigenvalue weighted by molar-refractivity contribution is -0.122. The Hall–Kier alpha value is -3.15. The summed E-state index contributed by atoms with van der Waals surface area (Å²) in [5.41, 5.74) is 1.96. The van der Waals surface area contributed by atoms with E-state index in [-0.39, 0.29) is 23.8 Å². The van der Waals surface area contributed by atoms with Gasteiger partial charge in [0.05, 0.1) is 18.7 Å². The van der Waals surface area contributed by atoms with Crippen LogP contribution in [0.2, 0.25) is 0 Å². The van der Waals surface area contributed by atoms with E-state index in [1.807, 2.05) is 31.2 Å². The van der Waals surface area contributed by atoms with E-state index in [2.05, 4.69) is 5.32 Å². The first kappa shape index (κ1) is 18.6. The summed E-state index contributed by atoms with van der Waals surface area (Å²) in [5.74, 6) is -0.665. The zero-order chi connectivity index (χ0) is 19.6. The molecular formula is C21H21FN2O3. The number of nitrogens with one attached hydrogen (secondary N) is 1. The molecule has 3 rings (SSSR count). The fourth-order valence-electron chi connectivity index (χ4n) is 3.13. The van der Waals surface area contributed by atoms with Gasteiger partial charge in [-0.3, -0.25) is 14.2 Å². The molecule has 0 fully saturated rings. The van der Waals surface area contributed by atoms with Crippen molar-refractivity contribution in [2.45, 2.75) is 26.4 Å². The molecule has 1 aromatic heterocycles. The average molecular weight is 368 g/mol. The molecule has 0 unspecified atom stereocenters. The molecule has 0 bridgehead atoms. The molecule has 1 amide bonds. The summed E-state index contributed by atoms with van der Waals surface area (Å²) in [5, 5.41) is 3.74. The van der Waals surface area contributed by atoms with Crippen molar-refractivity contribution >= 4 is 16.8 Å². The number of aromatic nitrogens is 1. The molecule has 6 heteroatoms. The second-order valence-electron chi connectivity index (χ2n) is 6.45. The Morgan fingerprint density at radius 3 is 2.67 bits per heavy atom. The number of carbonyl (C=O) groups excluding carboxylic acids is 1. The fraction of sp³-hybridized carbons (Fsp3) is 0.238. The van der Waals surface area contributed by atoms with Crippen LogP contribution in [0, 0.1) is 12.7 Å². The number of pyridine rings is 1. The zero-order valence-corrected chi connectivity index (χ0v) is 15.5. The number of methoxy groups -OCH3 is 1. The predicted octanol–water partition coefficient (Wildman–Crippen LogP) is 3.34. The Bertz CT molecular complexity index is 1060. The SMILES string of the molecule is COc1ccc([C@@H](C)NC(=O)Cn2c(=O)cc(C)c3ccccc32)cc1F. The van der Waals surface area contributed by atoms with Crippen LogP contribution in [0.3, 0.4) is 0 Å².